The first-order valence-corrected chi connectivity index (χ1v) is 10.0. The second kappa shape index (κ2) is 7.89. The molecule has 1 aromatic carbocycles. The highest BCUT2D eigenvalue weighted by Crippen LogP contribution is 2.28. The lowest BCUT2D eigenvalue weighted by Gasteiger charge is -2.14. The zero-order valence-corrected chi connectivity index (χ0v) is 16.1. The van der Waals surface area contributed by atoms with Gasteiger partial charge in [0.15, 0.2) is 5.03 Å². The molecule has 0 saturated heterocycles. The number of aromatic nitrogens is 3. The van der Waals surface area contributed by atoms with E-state index in [0.29, 0.717) is 11.5 Å². The van der Waals surface area contributed by atoms with Gasteiger partial charge in [-0.1, -0.05) is 38.1 Å². The van der Waals surface area contributed by atoms with Gasteiger partial charge in [-0.2, -0.15) is 8.42 Å². The van der Waals surface area contributed by atoms with Crippen LogP contribution in [0.4, 0.5) is 0 Å². The number of nitrogens with two attached hydrogens (primary N) is 1. The van der Waals surface area contributed by atoms with Gasteiger partial charge in [-0.25, -0.2) is 4.98 Å². The third-order valence-electron chi connectivity index (χ3n) is 4.00. The Morgan fingerprint density at radius 1 is 1.15 bits per heavy atom. The lowest BCUT2D eigenvalue weighted by Crippen LogP contribution is -2.19. The molecule has 8 heteroatoms. The van der Waals surface area contributed by atoms with E-state index in [-0.39, 0.29) is 29.8 Å². The van der Waals surface area contributed by atoms with Crippen molar-refractivity contribution in [2.24, 2.45) is 5.73 Å². The normalized spacial score (nSPS) is 11.7. The van der Waals surface area contributed by atoms with Crippen LogP contribution in [0.2, 0.25) is 0 Å². The van der Waals surface area contributed by atoms with Crippen molar-refractivity contribution >= 4 is 10.1 Å². The fourth-order valence-corrected chi connectivity index (χ4v) is 4.20. The summed E-state index contributed by atoms with van der Waals surface area (Å²) in [6, 6.07) is 12.1. The van der Waals surface area contributed by atoms with Gasteiger partial charge < -0.3 is 14.5 Å². The molecule has 0 atom stereocenters. The third kappa shape index (κ3) is 4.17. The topological polar surface area (TPSA) is 100 Å². The highest BCUT2D eigenvalue weighted by molar-refractivity contribution is 7.87. The van der Waals surface area contributed by atoms with Crippen LogP contribution in [0.15, 0.2) is 59.9 Å². The Morgan fingerprint density at radius 2 is 1.89 bits per heavy atom. The van der Waals surface area contributed by atoms with E-state index >= 15 is 0 Å². The van der Waals surface area contributed by atoms with Crippen molar-refractivity contribution in [1.82, 2.24) is 14.5 Å². The van der Waals surface area contributed by atoms with Crippen molar-refractivity contribution in [2.75, 3.05) is 0 Å². The molecule has 0 aliphatic rings. The fourth-order valence-electron chi connectivity index (χ4n) is 2.78. The monoisotopic (exact) mass is 386 g/mol. The summed E-state index contributed by atoms with van der Waals surface area (Å²) in [7, 11) is -4.10. The zero-order chi connectivity index (χ0) is 19.4. The first-order chi connectivity index (χ1) is 12.9. The van der Waals surface area contributed by atoms with Crippen LogP contribution in [0.5, 0.6) is 5.75 Å². The van der Waals surface area contributed by atoms with E-state index < -0.39 is 10.1 Å². The van der Waals surface area contributed by atoms with Crippen molar-refractivity contribution in [3.05, 3.63) is 71.9 Å². The molecule has 0 fully saturated rings. The first kappa shape index (κ1) is 19.1. The summed E-state index contributed by atoms with van der Waals surface area (Å²) in [6.45, 7) is 4.17. The van der Waals surface area contributed by atoms with Gasteiger partial charge in [0.05, 0.1) is 18.8 Å². The maximum absolute atomic E-state index is 13.1. The molecule has 3 aromatic rings. The van der Waals surface area contributed by atoms with Crippen LogP contribution in [-0.2, 0) is 23.2 Å². The summed E-state index contributed by atoms with van der Waals surface area (Å²) in [6.07, 6.45) is 3.35. The minimum absolute atomic E-state index is 0.0330. The number of imidazole rings is 1. The van der Waals surface area contributed by atoms with E-state index in [9.17, 15) is 8.42 Å². The maximum Gasteiger partial charge on any atom is 0.357 e. The van der Waals surface area contributed by atoms with Gasteiger partial charge in [-0.3, -0.25) is 4.98 Å². The van der Waals surface area contributed by atoms with Gasteiger partial charge in [0.2, 0.25) is 0 Å². The molecule has 0 aliphatic carbocycles. The Kier molecular flexibility index (Phi) is 5.57. The van der Waals surface area contributed by atoms with Gasteiger partial charge in [0.1, 0.15) is 11.6 Å². The number of para-hydroxylation sites is 1. The van der Waals surface area contributed by atoms with Gasteiger partial charge in [-0.05, 0) is 29.7 Å². The van der Waals surface area contributed by atoms with Crippen LogP contribution < -0.4 is 9.92 Å². The van der Waals surface area contributed by atoms with E-state index in [1.54, 1.807) is 53.4 Å². The van der Waals surface area contributed by atoms with Crippen LogP contribution >= 0.6 is 0 Å². The van der Waals surface area contributed by atoms with Crippen molar-refractivity contribution < 1.29 is 12.6 Å². The molecule has 0 spiro atoms. The summed E-state index contributed by atoms with van der Waals surface area (Å²) >= 11 is 0. The molecule has 0 saturated carbocycles. The Labute approximate surface area is 159 Å². The molecule has 2 aromatic heterocycles. The van der Waals surface area contributed by atoms with Crippen LogP contribution in [0.25, 0.3) is 0 Å². The largest absolute Gasteiger partial charge is 0.378 e. The van der Waals surface area contributed by atoms with Crippen LogP contribution in [0.3, 0.4) is 0 Å². The predicted octanol–water partition coefficient (Wildman–Crippen LogP) is 2.68. The molecule has 0 radical (unpaired) electrons. The van der Waals surface area contributed by atoms with Crippen LogP contribution in [0, 0.1) is 0 Å². The number of hydrogen-bond donors (Lipinski definition) is 1. The molecular formula is C19H22N4O3S. The van der Waals surface area contributed by atoms with E-state index in [1.165, 1.54) is 0 Å². The van der Waals surface area contributed by atoms with Gasteiger partial charge in [0.25, 0.3) is 0 Å². The third-order valence-corrected chi connectivity index (χ3v) is 5.32. The van der Waals surface area contributed by atoms with E-state index in [4.69, 9.17) is 9.92 Å². The van der Waals surface area contributed by atoms with Crippen LogP contribution in [-0.4, -0.2) is 23.0 Å². The predicted molar refractivity (Wildman–Crippen MR) is 102 cm³/mol. The van der Waals surface area contributed by atoms with Crippen molar-refractivity contribution in [1.29, 1.82) is 0 Å². The smallest absolute Gasteiger partial charge is 0.357 e. The molecule has 2 heterocycles. The van der Waals surface area contributed by atoms with Gasteiger partial charge in [-0.15, -0.1) is 0 Å². The average molecular weight is 386 g/mol. The number of pyridine rings is 1. The van der Waals surface area contributed by atoms with Gasteiger partial charge in [0, 0.05) is 12.4 Å². The summed E-state index contributed by atoms with van der Waals surface area (Å²) < 4.78 is 33.2. The summed E-state index contributed by atoms with van der Waals surface area (Å²) in [5.41, 5.74) is 7.13. The summed E-state index contributed by atoms with van der Waals surface area (Å²) in [5.74, 6) is 0.614. The van der Waals surface area contributed by atoms with Crippen LogP contribution in [0.1, 0.15) is 36.8 Å². The van der Waals surface area contributed by atoms with E-state index in [1.807, 2.05) is 19.9 Å². The van der Waals surface area contributed by atoms with Crippen molar-refractivity contribution in [3.8, 4) is 5.75 Å². The average Bonchev–Trinajstić information content (AvgIpc) is 3.02. The maximum atomic E-state index is 13.1. The fraction of sp³-hybridized carbons (Fsp3) is 0.263. The van der Waals surface area contributed by atoms with Crippen molar-refractivity contribution in [3.63, 3.8) is 0 Å². The Bertz CT molecular complexity index is 1000. The van der Waals surface area contributed by atoms with E-state index in [0.717, 1.165) is 5.56 Å². The molecule has 3 rings (SSSR count). The molecule has 7 nitrogen and oxygen atoms in total. The molecule has 27 heavy (non-hydrogen) atoms. The minimum atomic E-state index is -4.10. The lowest BCUT2D eigenvalue weighted by molar-refractivity contribution is 0.471. The number of rotatable bonds is 7. The number of benzene rings is 1. The minimum Gasteiger partial charge on any atom is -0.378 e. The lowest BCUT2D eigenvalue weighted by atomic mass is 10.1. The molecule has 142 valence electrons. The molecule has 0 aliphatic heterocycles. The molecule has 2 N–H and O–H groups in total. The Morgan fingerprint density at radius 3 is 2.48 bits per heavy atom. The standard InChI is InChI=1S/C19H22N4O3S/c1-14(2)18-19(27(24,25)26-16-8-4-3-5-9-16)23(17(11-20)22-18)13-15-7-6-10-21-12-15/h3-10,12,14H,11,13,20H2,1-2H3. The summed E-state index contributed by atoms with van der Waals surface area (Å²) in [4.78, 5) is 8.58. The summed E-state index contributed by atoms with van der Waals surface area (Å²) in [5, 5.41) is 0.0330. The number of nitrogens with zero attached hydrogens (tertiary/aromatic N) is 3. The van der Waals surface area contributed by atoms with Gasteiger partial charge >= 0.3 is 10.1 Å². The SMILES string of the molecule is CC(C)c1nc(CN)n(Cc2cccnc2)c1S(=O)(=O)Oc1ccccc1. The Balaban J connectivity index is 2.12. The quantitative estimate of drug-likeness (QED) is 0.627. The Hall–Kier alpha value is -2.71. The number of hydrogen-bond acceptors (Lipinski definition) is 6. The second-order valence-electron chi connectivity index (χ2n) is 6.38. The molecular weight excluding hydrogens is 364 g/mol. The highest BCUT2D eigenvalue weighted by atomic mass is 32.2. The first-order valence-electron chi connectivity index (χ1n) is 8.60. The highest BCUT2D eigenvalue weighted by Gasteiger charge is 2.31. The zero-order valence-electron chi connectivity index (χ0n) is 15.2. The van der Waals surface area contributed by atoms with Crippen molar-refractivity contribution in [2.45, 2.75) is 37.9 Å². The van der Waals surface area contributed by atoms with E-state index in [2.05, 4.69) is 9.97 Å². The molecule has 0 bridgehead atoms. The molecule has 0 amide bonds. The molecule has 0 unspecified atom stereocenters. The second-order valence-corrected chi connectivity index (χ2v) is 7.84.